The fraction of sp³-hybridized carbons (Fsp3) is 0.462. The highest BCUT2D eigenvalue weighted by Gasteiger charge is 2.33. The fourth-order valence-corrected chi connectivity index (χ4v) is 2.47. The zero-order valence-corrected chi connectivity index (χ0v) is 11.0. The number of benzene rings is 1. The lowest BCUT2D eigenvalue weighted by Crippen LogP contribution is -2.29. The first kappa shape index (κ1) is 14.3. The van der Waals surface area contributed by atoms with Crippen LogP contribution in [0.25, 0.3) is 10.4 Å². The molecular formula is C13H14F2N4O. The molecule has 2 unspecified atom stereocenters. The van der Waals surface area contributed by atoms with E-state index in [0.29, 0.717) is 6.54 Å². The average Bonchev–Trinajstić information content (AvgIpc) is 2.77. The van der Waals surface area contributed by atoms with Gasteiger partial charge in [0.15, 0.2) is 0 Å². The maximum Gasteiger partial charge on any atom is 0.223 e. The van der Waals surface area contributed by atoms with Gasteiger partial charge in [0.05, 0.1) is 6.04 Å². The van der Waals surface area contributed by atoms with E-state index in [9.17, 15) is 13.6 Å². The zero-order chi connectivity index (χ0) is 14.7. The van der Waals surface area contributed by atoms with Crippen molar-refractivity contribution in [2.24, 2.45) is 11.0 Å². The first-order chi connectivity index (χ1) is 9.52. The predicted molar refractivity (Wildman–Crippen MR) is 68.6 cm³/mol. The Morgan fingerprint density at radius 2 is 2.30 bits per heavy atom. The third-order valence-electron chi connectivity index (χ3n) is 3.52. The summed E-state index contributed by atoms with van der Waals surface area (Å²) in [4.78, 5) is 16.1. The Hall–Kier alpha value is -2.14. The second kappa shape index (κ2) is 5.88. The molecule has 1 fully saturated rings. The monoisotopic (exact) mass is 280 g/mol. The van der Waals surface area contributed by atoms with Crippen LogP contribution < -0.4 is 0 Å². The van der Waals surface area contributed by atoms with Gasteiger partial charge in [-0.2, -0.15) is 0 Å². The van der Waals surface area contributed by atoms with E-state index in [0.717, 1.165) is 6.07 Å². The minimum atomic E-state index is -0.663. The number of rotatable bonds is 4. The second-order valence-corrected chi connectivity index (χ2v) is 4.87. The summed E-state index contributed by atoms with van der Waals surface area (Å²) in [6.45, 7) is 2.36. The normalized spacial score (nSPS) is 19.9. The number of amides is 1. The summed E-state index contributed by atoms with van der Waals surface area (Å²) in [7, 11) is 0. The van der Waals surface area contributed by atoms with Crippen LogP contribution in [0.4, 0.5) is 8.78 Å². The molecule has 1 aliphatic heterocycles. The summed E-state index contributed by atoms with van der Waals surface area (Å²) < 4.78 is 26.6. The minimum Gasteiger partial charge on any atom is -0.336 e. The summed E-state index contributed by atoms with van der Waals surface area (Å²) in [6, 6.07) is 2.86. The van der Waals surface area contributed by atoms with Gasteiger partial charge in [0, 0.05) is 36.1 Å². The maximum atomic E-state index is 13.7. The molecule has 0 radical (unpaired) electrons. The highest BCUT2D eigenvalue weighted by molar-refractivity contribution is 5.79. The van der Waals surface area contributed by atoms with E-state index in [1.807, 2.05) is 0 Å². The molecule has 1 amide bonds. The molecule has 0 saturated carbocycles. The smallest absolute Gasteiger partial charge is 0.223 e. The Labute approximate surface area is 114 Å². The maximum absolute atomic E-state index is 13.7. The number of halogens is 2. The van der Waals surface area contributed by atoms with Crippen molar-refractivity contribution in [1.82, 2.24) is 4.90 Å². The molecule has 1 saturated heterocycles. The lowest BCUT2D eigenvalue weighted by atomic mass is 10.1. The third kappa shape index (κ3) is 2.88. The highest BCUT2D eigenvalue weighted by Crippen LogP contribution is 2.30. The van der Waals surface area contributed by atoms with Gasteiger partial charge < -0.3 is 4.90 Å². The molecule has 1 heterocycles. The topological polar surface area (TPSA) is 69.1 Å². The first-order valence-corrected chi connectivity index (χ1v) is 6.28. The number of carbonyl (C=O) groups is 1. The van der Waals surface area contributed by atoms with E-state index in [1.54, 1.807) is 6.92 Å². The van der Waals surface area contributed by atoms with Crippen molar-refractivity contribution in [2.75, 3.05) is 13.1 Å². The van der Waals surface area contributed by atoms with Crippen LogP contribution in [0.15, 0.2) is 23.3 Å². The molecule has 20 heavy (non-hydrogen) atoms. The van der Waals surface area contributed by atoms with Crippen LogP contribution in [-0.2, 0) is 4.79 Å². The van der Waals surface area contributed by atoms with Crippen LogP contribution >= 0.6 is 0 Å². The summed E-state index contributed by atoms with van der Waals surface area (Å²) in [6.07, 6.45) is 0.284. The van der Waals surface area contributed by atoms with Gasteiger partial charge in [0.25, 0.3) is 0 Å². The van der Waals surface area contributed by atoms with Crippen molar-refractivity contribution in [1.29, 1.82) is 0 Å². The van der Waals surface area contributed by atoms with Gasteiger partial charge in [0.2, 0.25) is 5.91 Å². The van der Waals surface area contributed by atoms with Crippen molar-refractivity contribution in [2.45, 2.75) is 19.4 Å². The SMILES string of the molecule is CC(c1ccc(F)cc1F)N1CC(CN=[N+]=[N-])CC1=O. The molecule has 0 spiro atoms. The van der Waals surface area contributed by atoms with Gasteiger partial charge in [-0.1, -0.05) is 11.2 Å². The van der Waals surface area contributed by atoms with Gasteiger partial charge in [-0.15, -0.1) is 0 Å². The fourth-order valence-electron chi connectivity index (χ4n) is 2.47. The van der Waals surface area contributed by atoms with Crippen LogP contribution in [0.1, 0.15) is 24.9 Å². The van der Waals surface area contributed by atoms with E-state index < -0.39 is 17.7 Å². The van der Waals surface area contributed by atoms with E-state index >= 15 is 0 Å². The van der Waals surface area contributed by atoms with Crippen LogP contribution in [0.5, 0.6) is 0 Å². The molecule has 1 aliphatic rings. The number of azide groups is 1. The molecule has 0 aromatic heterocycles. The van der Waals surface area contributed by atoms with Crippen molar-refractivity contribution < 1.29 is 13.6 Å². The summed E-state index contributed by atoms with van der Waals surface area (Å²) in [5.41, 5.74) is 8.56. The molecule has 1 aromatic rings. The molecule has 2 atom stereocenters. The quantitative estimate of drug-likeness (QED) is 0.474. The van der Waals surface area contributed by atoms with Crippen LogP contribution in [-0.4, -0.2) is 23.9 Å². The Kier molecular flexibility index (Phi) is 4.20. The van der Waals surface area contributed by atoms with Gasteiger partial charge in [-0.3, -0.25) is 4.79 Å². The molecule has 5 nitrogen and oxygen atoms in total. The zero-order valence-electron chi connectivity index (χ0n) is 11.0. The number of likely N-dealkylation sites (tertiary alicyclic amines) is 1. The van der Waals surface area contributed by atoms with E-state index in [4.69, 9.17) is 5.53 Å². The lowest BCUT2D eigenvalue weighted by Gasteiger charge is -2.25. The largest absolute Gasteiger partial charge is 0.336 e. The second-order valence-electron chi connectivity index (χ2n) is 4.87. The number of hydrogen-bond acceptors (Lipinski definition) is 2. The lowest BCUT2D eigenvalue weighted by molar-refractivity contribution is -0.129. The Balaban J connectivity index is 2.14. The molecule has 7 heteroatoms. The molecule has 0 bridgehead atoms. The van der Waals surface area contributed by atoms with E-state index in [2.05, 4.69) is 10.0 Å². The minimum absolute atomic E-state index is 0.0515. The van der Waals surface area contributed by atoms with Gasteiger partial charge in [-0.05, 0) is 24.4 Å². The molecule has 1 aromatic carbocycles. The number of carbonyl (C=O) groups excluding carboxylic acids is 1. The molecule has 0 N–H and O–H groups in total. The van der Waals surface area contributed by atoms with Crippen LogP contribution in [0, 0.1) is 17.6 Å². The van der Waals surface area contributed by atoms with Crippen LogP contribution in [0.2, 0.25) is 0 Å². The van der Waals surface area contributed by atoms with Gasteiger partial charge in [0.1, 0.15) is 11.6 Å². The third-order valence-corrected chi connectivity index (χ3v) is 3.52. The van der Waals surface area contributed by atoms with Crippen molar-refractivity contribution in [3.63, 3.8) is 0 Å². The molecular weight excluding hydrogens is 266 g/mol. The average molecular weight is 280 g/mol. The summed E-state index contributed by atoms with van der Waals surface area (Å²) in [5, 5.41) is 3.46. The molecule has 106 valence electrons. The van der Waals surface area contributed by atoms with Crippen molar-refractivity contribution in [3.8, 4) is 0 Å². The van der Waals surface area contributed by atoms with E-state index in [1.165, 1.54) is 17.0 Å². The highest BCUT2D eigenvalue weighted by atomic mass is 19.1. The Morgan fingerprint density at radius 1 is 1.55 bits per heavy atom. The van der Waals surface area contributed by atoms with Crippen molar-refractivity contribution in [3.05, 3.63) is 45.8 Å². The standard InChI is InChI=1S/C13H14F2N4O/c1-8(11-3-2-10(14)5-12(11)15)19-7-9(4-13(19)20)6-17-18-16/h2-3,5,8-9H,4,6-7H2,1H3. The Bertz CT molecular complexity index is 571. The first-order valence-electron chi connectivity index (χ1n) is 6.28. The van der Waals surface area contributed by atoms with Gasteiger partial charge >= 0.3 is 0 Å². The number of nitrogens with zero attached hydrogens (tertiary/aromatic N) is 4. The molecule has 2 rings (SSSR count). The molecule has 0 aliphatic carbocycles. The van der Waals surface area contributed by atoms with E-state index in [-0.39, 0.29) is 30.4 Å². The van der Waals surface area contributed by atoms with Gasteiger partial charge in [-0.25, -0.2) is 8.78 Å². The predicted octanol–water partition coefficient (Wildman–Crippen LogP) is 3.18. The number of hydrogen-bond donors (Lipinski definition) is 0. The summed E-state index contributed by atoms with van der Waals surface area (Å²) >= 11 is 0. The summed E-state index contributed by atoms with van der Waals surface area (Å²) in [5.74, 6) is -1.47. The Morgan fingerprint density at radius 3 is 2.95 bits per heavy atom. The van der Waals surface area contributed by atoms with Crippen LogP contribution in [0.3, 0.4) is 0 Å². The van der Waals surface area contributed by atoms with Crippen molar-refractivity contribution >= 4 is 5.91 Å².